The Morgan fingerprint density at radius 2 is 0.736 bits per heavy atom. The summed E-state index contributed by atoms with van der Waals surface area (Å²) in [7, 11) is 0. The van der Waals surface area contributed by atoms with E-state index in [4.69, 9.17) is 75.8 Å². The molecule has 0 bridgehead atoms. The van der Waals surface area contributed by atoms with E-state index < -0.39 is 346 Å². The number of aliphatic hydroxyl groups excluding tert-OH is 23. The Kier molecular flexibility index (Phi) is 54.8. The maximum atomic E-state index is 13.7. The summed E-state index contributed by atoms with van der Waals surface area (Å²) in [6.45, 7) is -0.203. The Morgan fingerprint density at radius 3 is 1.18 bits per heavy atom. The Hall–Kier alpha value is -4.47. The number of rotatable bonds is 63. The molecule has 0 aliphatic carbocycles. The predicted octanol–water partition coefficient (Wildman–Crippen LogP) is -5.62. The van der Waals surface area contributed by atoms with Gasteiger partial charge in [0.25, 0.3) is 5.79 Å². The first-order chi connectivity index (χ1) is 68.8. The summed E-state index contributed by atoms with van der Waals surface area (Å²) in [4.78, 5) is 66.1. The number of allylic oxidation sites excluding steroid dienone is 1. The van der Waals surface area contributed by atoms with Gasteiger partial charge in [-0.2, -0.15) is 0 Å². The number of aliphatic hydroxyl groups is 23. The zero-order valence-electron chi connectivity index (χ0n) is 83.3. The standard InChI is InChI=1S/C95H168N4O45/c1-7-9-11-13-15-17-19-21-22-23-24-26-28-30-32-34-36-38-62(113)99-52(53(110)37-35-33-31-29-27-25-20-18-16-14-12-10-8-2)47-129-89-75(123)73(121)80(60(45-105)136-89)138-91-76(124)85(69(117)56(41-101)131-91)142-88-65(98-51(6)109)83(140-90-74(122)72(120)66(114)48(3)130-90)81(61(46-106)135-88)139-92-77(125)84(68(116)57(42-102)132-92)141-87-64(97-50(5)108)71(119)79(59(44-104)134-87)137-93-78(126)86(70(118)58(43-103)133-93)144-95(94(127)128)39-54(111)63(96-49(4)107)82(143-95)67(115)55(112)40-100/h35,37,48,52-61,63-93,100-106,110-112,114-126H,7-34,36,38-47H2,1-6H3,(H,96,107)(H,97,108)(H,98,109)(H,99,113)(H,127,128)/b37-35+/t48?,52-,53+,54?,55+,56?,57?,58?,59?,60?,61?,63+,64?,65?,66+,67+,68-,69-,70-,71+,72?,73+,74-,75?,76?,77?,78?,79+,80+,81+,82?,83+,84-,85-,86-,87-,88-,89+,90+,91-,92-,93-,95-/m0/s1. The highest BCUT2D eigenvalue weighted by molar-refractivity contribution is 5.77. The van der Waals surface area contributed by atoms with Crippen molar-refractivity contribution in [3.05, 3.63) is 12.2 Å². The van der Waals surface area contributed by atoms with Crippen molar-refractivity contribution >= 4 is 29.6 Å². The van der Waals surface area contributed by atoms with E-state index in [1.165, 1.54) is 116 Å². The average molecular weight is 2090 g/mol. The van der Waals surface area contributed by atoms with Crippen molar-refractivity contribution in [1.29, 1.82) is 0 Å². The van der Waals surface area contributed by atoms with Crippen LogP contribution in [0.4, 0.5) is 0 Å². The van der Waals surface area contributed by atoms with Gasteiger partial charge in [-0.25, -0.2) is 4.79 Å². The van der Waals surface area contributed by atoms with E-state index in [2.05, 4.69) is 35.1 Å². The number of aliphatic carboxylic acids is 1. The molecule has 0 aromatic heterocycles. The minimum atomic E-state index is -3.28. The highest BCUT2D eigenvalue weighted by Gasteiger charge is 2.64. The smallest absolute Gasteiger partial charge is 0.364 e. The van der Waals surface area contributed by atoms with E-state index in [1.807, 2.05) is 6.08 Å². The highest BCUT2D eigenvalue weighted by atomic mass is 16.8. The maximum Gasteiger partial charge on any atom is 0.364 e. The molecule has 49 nitrogen and oxygen atoms in total. The van der Waals surface area contributed by atoms with Crippen molar-refractivity contribution in [3.63, 3.8) is 0 Å². The second-order valence-corrected chi connectivity index (χ2v) is 39.1. The lowest BCUT2D eigenvalue weighted by Gasteiger charge is -2.52. The lowest BCUT2D eigenvalue weighted by Crippen LogP contribution is -2.72. The molecule has 8 aliphatic rings. The molecule has 8 fully saturated rings. The number of ether oxygens (including phenoxy) is 16. The van der Waals surface area contributed by atoms with Gasteiger partial charge < -0.3 is 220 Å². The van der Waals surface area contributed by atoms with Gasteiger partial charge in [0, 0.05) is 33.6 Å². The molecule has 8 heterocycles. The fourth-order valence-corrected chi connectivity index (χ4v) is 19.5. The van der Waals surface area contributed by atoms with Crippen molar-refractivity contribution in [2.45, 2.75) is 504 Å². The lowest BCUT2D eigenvalue weighted by atomic mass is 9.88. The first-order valence-electron chi connectivity index (χ1n) is 51.5. The Morgan fingerprint density at radius 1 is 0.375 bits per heavy atom. The summed E-state index contributed by atoms with van der Waals surface area (Å²) >= 11 is 0. The number of nitrogens with one attached hydrogen (secondary N) is 4. The van der Waals surface area contributed by atoms with E-state index in [9.17, 15) is 147 Å². The van der Waals surface area contributed by atoms with E-state index in [0.717, 1.165) is 85.0 Å². The number of hydrogen-bond donors (Lipinski definition) is 28. The number of hydrogen-bond acceptors (Lipinski definition) is 44. The normalized spacial score (nSPS) is 38.4. The van der Waals surface area contributed by atoms with Crippen molar-refractivity contribution in [2.75, 3.05) is 52.9 Å². The van der Waals surface area contributed by atoms with Crippen molar-refractivity contribution in [2.24, 2.45) is 0 Å². The van der Waals surface area contributed by atoms with Crippen LogP contribution in [0.5, 0.6) is 0 Å². The molecule has 0 aromatic rings. The third kappa shape index (κ3) is 35.3. The average Bonchev–Trinajstić information content (AvgIpc) is 0.754. The summed E-state index contributed by atoms with van der Waals surface area (Å²) in [5, 5.41) is 283. The summed E-state index contributed by atoms with van der Waals surface area (Å²) < 4.78 is 96.7. The molecule has 0 saturated carbocycles. The molecule has 28 N–H and O–H groups in total. The second kappa shape index (κ2) is 63.3. The van der Waals surface area contributed by atoms with E-state index in [1.54, 1.807) is 6.08 Å². The van der Waals surface area contributed by atoms with Gasteiger partial charge in [0.1, 0.15) is 183 Å². The van der Waals surface area contributed by atoms with Gasteiger partial charge >= 0.3 is 5.97 Å². The van der Waals surface area contributed by atoms with Gasteiger partial charge in [-0.3, -0.25) is 19.2 Å². The van der Waals surface area contributed by atoms with Crippen LogP contribution >= 0.6 is 0 Å². The molecular weight excluding hydrogens is 1920 g/mol. The van der Waals surface area contributed by atoms with Crippen LogP contribution in [0, 0.1) is 0 Å². The minimum absolute atomic E-state index is 0.131. The fraction of sp³-hybridized carbons (Fsp3) is 0.926. The van der Waals surface area contributed by atoms with Gasteiger partial charge in [0.05, 0.1) is 83.3 Å². The second-order valence-electron chi connectivity index (χ2n) is 39.1. The third-order valence-corrected chi connectivity index (χ3v) is 27.8. The molecule has 144 heavy (non-hydrogen) atoms. The molecule has 838 valence electrons. The Labute approximate surface area is 838 Å². The molecule has 4 amide bonds. The number of carbonyl (C=O) groups is 5. The van der Waals surface area contributed by atoms with Crippen LogP contribution < -0.4 is 21.3 Å². The highest BCUT2D eigenvalue weighted by Crippen LogP contribution is 2.43. The predicted molar refractivity (Wildman–Crippen MR) is 496 cm³/mol. The number of amides is 4. The van der Waals surface area contributed by atoms with Gasteiger partial charge in [-0.15, -0.1) is 0 Å². The topological polar surface area (TPSA) is 767 Å². The SMILES string of the molecule is CCCCCCCCCCCCC/C=C/[C@@H](O)[C@H](CO[C@@H]1OC(CO)[C@@H](O[C@@H]2OC(CO)[C@H](O)[C@H](O[C@@H]3OC(CO)[C@@H](O[C@@H]4OC(CO)[C@H](O)[C@H](O[C@@H]5OC(CO)[C@@H](O[C@@H]6OC(CO)[C@H](O)[C@H](O[C@]7(C(=O)O)CC(O)[C@@H](NC(C)=O)C([C@H](O)[C@H](O)CO)O7)C6O)[C@H](O)C5NC(C)=O)C4O)[C@H](O[C@H]4OC(C)[C@@H](O)C(O)[C@@H]4O)C3NC(C)=O)C2O)[C@H](O)C1O)NC(=O)CCCCCCCCCCCCCCCCCCC. The lowest BCUT2D eigenvalue weighted by molar-refractivity contribution is -0.398. The summed E-state index contributed by atoms with van der Waals surface area (Å²) in [6.07, 6.45) is -44.7. The van der Waals surface area contributed by atoms with Crippen molar-refractivity contribution in [1.82, 2.24) is 21.3 Å². The molecule has 0 radical (unpaired) electrons. The van der Waals surface area contributed by atoms with E-state index in [0.29, 0.717) is 12.8 Å². The van der Waals surface area contributed by atoms with Crippen LogP contribution in [0.25, 0.3) is 0 Å². The Balaban J connectivity index is 0.981. The largest absolute Gasteiger partial charge is 0.477 e. The van der Waals surface area contributed by atoms with Gasteiger partial charge in [-0.1, -0.05) is 193 Å². The first-order valence-corrected chi connectivity index (χ1v) is 51.5. The van der Waals surface area contributed by atoms with Crippen molar-refractivity contribution in [3.8, 4) is 0 Å². The molecule has 8 aliphatic heterocycles. The number of carboxylic acids is 1. The molecule has 8 saturated heterocycles. The first kappa shape index (κ1) is 125. The number of carbonyl (C=O) groups excluding carboxylic acids is 4. The Bertz CT molecular complexity index is 3660. The zero-order chi connectivity index (χ0) is 106. The van der Waals surface area contributed by atoms with Crippen LogP contribution in [0.15, 0.2) is 12.2 Å². The number of unbranched alkanes of at least 4 members (excludes halogenated alkanes) is 27. The maximum absolute atomic E-state index is 13.7. The van der Waals surface area contributed by atoms with Crippen LogP contribution in [0.3, 0.4) is 0 Å². The van der Waals surface area contributed by atoms with Crippen LogP contribution in [-0.2, 0) is 99.8 Å². The van der Waals surface area contributed by atoms with Crippen LogP contribution in [-0.4, -0.2) is 468 Å². The van der Waals surface area contributed by atoms with Gasteiger partial charge in [0.2, 0.25) is 23.6 Å². The third-order valence-electron chi connectivity index (χ3n) is 27.8. The summed E-state index contributed by atoms with van der Waals surface area (Å²) in [6, 6.07) is -6.92. The molecule has 16 unspecified atom stereocenters. The quantitative estimate of drug-likeness (QED) is 0.0199. The summed E-state index contributed by atoms with van der Waals surface area (Å²) in [5.41, 5.74) is 0. The van der Waals surface area contributed by atoms with Gasteiger partial charge in [-0.05, 0) is 26.2 Å². The summed E-state index contributed by atoms with van der Waals surface area (Å²) in [5.74, 6) is -8.64. The minimum Gasteiger partial charge on any atom is -0.477 e. The van der Waals surface area contributed by atoms with E-state index in [-0.39, 0.29) is 12.3 Å². The molecule has 8 rings (SSSR count). The van der Waals surface area contributed by atoms with Crippen molar-refractivity contribution < 1.29 is 222 Å². The van der Waals surface area contributed by atoms with Gasteiger partial charge in [0.15, 0.2) is 44.0 Å². The zero-order valence-corrected chi connectivity index (χ0v) is 83.3. The van der Waals surface area contributed by atoms with E-state index >= 15 is 0 Å². The molecule has 43 atom stereocenters. The fourth-order valence-electron chi connectivity index (χ4n) is 19.5. The van der Waals surface area contributed by atoms with Crippen LogP contribution in [0.2, 0.25) is 0 Å². The monoisotopic (exact) mass is 2090 g/mol. The van der Waals surface area contributed by atoms with Crippen LogP contribution in [0.1, 0.15) is 241 Å². The molecule has 0 spiro atoms. The molecule has 0 aromatic carbocycles. The number of carboxylic acid groups (broad SMARTS) is 1. The molecular formula is C95H168N4O45. The molecule has 49 heteroatoms.